The molecule has 2 rings (SSSR count). The zero-order valence-electron chi connectivity index (χ0n) is 12.5. The van der Waals surface area contributed by atoms with E-state index in [4.69, 9.17) is 5.11 Å². The van der Waals surface area contributed by atoms with Gasteiger partial charge in [-0.05, 0) is 44.0 Å². The number of benzene rings is 1. The fraction of sp³-hybridized carbons (Fsp3) is 0.500. The zero-order valence-corrected chi connectivity index (χ0v) is 12.5. The molecular formula is C16H22N2O3. The first-order valence-corrected chi connectivity index (χ1v) is 7.27. The molecule has 1 amide bonds. The Morgan fingerprint density at radius 2 is 2.05 bits per heavy atom. The molecule has 0 radical (unpaired) electrons. The Morgan fingerprint density at radius 3 is 2.67 bits per heavy atom. The molecule has 1 saturated heterocycles. The molecule has 1 aromatic rings. The molecule has 0 bridgehead atoms. The topological polar surface area (TPSA) is 78.4 Å². The number of hydrogen-bond donors (Lipinski definition) is 3. The number of piperidine rings is 1. The van der Waals surface area contributed by atoms with E-state index >= 15 is 0 Å². The number of carboxylic acid groups (broad SMARTS) is 1. The molecule has 0 saturated carbocycles. The van der Waals surface area contributed by atoms with Crippen molar-refractivity contribution in [3.05, 3.63) is 29.8 Å². The number of amides is 1. The van der Waals surface area contributed by atoms with E-state index in [0.29, 0.717) is 5.69 Å². The van der Waals surface area contributed by atoms with Crippen molar-refractivity contribution in [3.63, 3.8) is 0 Å². The van der Waals surface area contributed by atoms with Crippen LogP contribution in [0.25, 0.3) is 0 Å². The minimum absolute atomic E-state index is 0.114. The van der Waals surface area contributed by atoms with Gasteiger partial charge in [0.25, 0.3) is 0 Å². The van der Waals surface area contributed by atoms with Crippen LogP contribution in [-0.4, -0.2) is 30.1 Å². The van der Waals surface area contributed by atoms with Crippen molar-refractivity contribution in [3.8, 4) is 0 Å². The van der Waals surface area contributed by atoms with Gasteiger partial charge in [0.1, 0.15) is 0 Å². The second kappa shape index (κ2) is 6.26. The van der Waals surface area contributed by atoms with E-state index in [0.717, 1.165) is 25.9 Å². The maximum absolute atomic E-state index is 12.6. The molecule has 0 aliphatic carbocycles. The Morgan fingerprint density at radius 1 is 1.33 bits per heavy atom. The summed E-state index contributed by atoms with van der Waals surface area (Å²) in [5, 5.41) is 15.3. The van der Waals surface area contributed by atoms with Gasteiger partial charge in [-0.3, -0.25) is 4.79 Å². The molecule has 0 aromatic heterocycles. The predicted octanol–water partition coefficient (Wildman–Crippen LogP) is 2.35. The SMILES string of the molecule is CC(C)(C(=O)Nc1ccccc1C(=O)O)C1CCCNC1. The number of nitrogens with one attached hydrogen (secondary N) is 2. The Hall–Kier alpha value is -1.88. The summed E-state index contributed by atoms with van der Waals surface area (Å²) in [6.45, 7) is 5.66. The quantitative estimate of drug-likeness (QED) is 0.795. The maximum Gasteiger partial charge on any atom is 0.337 e. The van der Waals surface area contributed by atoms with Gasteiger partial charge >= 0.3 is 5.97 Å². The molecule has 1 fully saturated rings. The highest BCUT2D eigenvalue weighted by Crippen LogP contribution is 2.33. The lowest BCUT2D eigenvalue weighted by Crippen LogP contribution is -2.45. The lowest BCUT2D eigenvalue weighted by Gasteiger charge is -2.36. The fourth-order valence-corrected chi connectivity index (χ4v) is 2.72. The molecule has 3 N–H and O–H groups in total. The van der Waals surface area contributed by atoms with Crippen LogP contribution >= 0.6 is 0 Å². The Kier molecular flexibility index (Phi) is 4.63. The summed E-state index contributed by atoms with van der Waals surface area (Å²) in [5.74, 6) is -0.920. The van der Waals surface area contributed by atoms with Crippen molar-refractivity contribution >= 4 is 17.6 Å². The van der Waals surface area contributed by atoms with Crippen molar-refractivity contribution in [1.29, 1.82) is 0 Å². The molecule has 5 heteroatoms. The van der Waals surface area contributed by atoms with Crippen LogP contribution in [-0.2, 0) is 4.79 Å². The number of hydrogen-bond acceptors (Lipinski definition) is 3. The van der Waals surface area contributed by atoms with Crippen LogP contribution in [0.2, 0.25) is 0 Å². The number of carbonyl (C=O) groups is 2. The molecule has 1 aliphatic heterocycles. The smallest absolute Gasteiger partial charge is 0.337 e. The maximum atomic E-state index is 12.6. The van der Waals surface area contributed by atoms with Gasteiger partial charge in [-0.15, -0.1) is 0 Å². The number of aromatic carboxylic acids is 1. The van der Waals surface area contributed by atoms with E-state index < -0.39 is 11.4 Å². The molecule has 114 valence electrons. The van der Waals surface area contributed by atoms with Crippen LogP contribution in [0.1, 0.15) is 37.0 Å². The van der Waals surface area contributed by atoms with Gasteiger partial charge in [-0.1, -0.05) is 26.0 Å². The standard InChI is InChI=1S/C16H22N2O3/c1-16(2,11-6-5-9-17-10-11)15(21)18-13-8-4-3-7-12(13)14(19)20/h3-4,7-8,11,17H,5-6,9-10H2,1-2H3,(H,18,21)(H,19,20). The van der Waals surface area contributed by atoms with Gasteiger partial charge in [0.2, 0.25) is 5.91 Å². The summed E-state index contributed by atoms with van der Waals surface area (Å²) in [5.41, 5.74) is -0.0748. The van der Waals surface area contributed by atoms with Crippen molar-refractivity contribution in [2.75, 3.05) is 18.4 Å². The largest absolute Gasteiger partial charge is 0.478 e. The third-order valence-electron chi connectivity index (χ3n) is 4.31. The first-order valence-electron chi connectivity index (χ1n) is 7.27. The molecule has 5 nitrogen and oxygen atoms in total. The van der Waals surface area contributed by atoms with E-state index in [2.05, 4.69) is 10.6 Å². The highest BCUT2D eigenvalue weighted by Gasteiger charge is 2.37. The Labute approximate surface area is 124 Å². The summed E-state index contributed by atoms with van der Waals surface area (Å²) in [6, 6.07) is 6.48. The summed E-state index contributed by atoms with van der Waals surface area (Å²) in [4.78, 5) is 23.8. The van der Waals surface area contributed by atoms with Gasteiger partial charge in [-0.2, -0.15) is 0 Å². The lowest BCUT2D eigenvalue weighted by molar-refractivity contribution is -0.127. The molecule has 1 aliphatic rings. The summed E-state index contributed by atoms with van der Waals surface area (Å²) >= 11 is 0. The van der Waals surface area contributed by atoms with E-state index in [1.807, 2.05) is 13.8 Å². The number of rotatable bonds is 4. The summed E-state index contributed by atoms with van der Waals surface area (Å²) in [6.07, 6.45) is 2.07. The van der Waals surface area contributed by atoms with E-state index in [-0.39, 0.29) is 17.4 Å². The minimum Gasteiger partial charge on any atom is -0.478 e. The lowest BCUT2D eigenvalue weighted by atomic mass is 9.74. The van der Waals surface area contributed by atoms with Gasteiger partial charge in [-0.25, -0.2) is 4.79 Å². The zero-order chi connectivity index (χ0) is 15.5. The van der Waals surface area contributed by atoms with Gasteiger partial charge in [0, 0.05) is 5.41 Å². The van der Waals surface area contributed by atoms with Crippen LogP contribution in [0.3, 0.4) is 0 Å². The molecular weight excluding hydrogens is 268 g/mol. The minimum atomic E-state index is -1.04. The molecule has 1 atom stereocenters. The average molecular weight is 290 g/mol. The third kappa shape index (κ3) is 3.42. The first kappa shape index (κ1) is 15.5. The molecule has 1 aromatic carbocycles. The summed E-state index contributed by atoms with van der Waals surface area (Å²) in [7, 11) is 0. The highest BCUT2D eigenvalue weighted by atomic mass is 16.4. The van der Waals surface area contributed by atoms with E-state index in [1.165, 1.54) is 6.07 Å². The van der Waals surface area contributed by atoms with Gasteiger partial charge in [0.15, 0.2) is 0 Å². The van der Waals surface area contributed by atoms with E-state index in [9.17, 15) is 9.59 Å². The van der Waals surface area contributed by atoms with Crippen LogP contribution in [0, 0.1) is 11.3 Å². The van der Waals surface area contributed by atoms with Crippen molar-refractivity contribution < 1.29 is 14.7 Å². The Balaban J connectivity index is 2.15. The summed E-state index contributed by atoms with van der Waals surface area (Å²) < 4.78 is 0. The van der Waals surface area contributed by atoms with E-state index in [1.54, 1.807) is 18.2 Å². The number of anilines is 1. The molecule has 1 unspecified atom stereocenters. The number of para-hydroxylation sites is 1. The second-order valence-electron chi connectivity index (χ2n) is 6.07. The second-order valence-corrected chi connectivity index (χ2v) is 6.07. The van der Waals surface area contributed by atoms with Crippen molar-refractivity contribution in [2.24, 2.45) is 11.3 Å². The van der Waals surface area contributed by atoms with Crippen LogP contribution in [0.15, 0.2) is 24.3 Å². The molecule has 1 heterocycles. The predicted molar refractivity (Wildman–Crippen MR) is 81.4 cm³/mol. The van der Waals surface area contributed by atoms with Crippen LogP contribution in [0.5, 0.6) is 0 Å². The highest BCUT2D eigenvalue weighted by molar-refractivity contribution is 6.02. The van der Waals surface area contributed by atoms with Crippen LogP contribution < -0.4 is 10.6 Å². The molecule has 21 heavy (non-hydrogen) atoms. The van der Waals surface area contributed by atoms with Crippen molar-refractivity contribution in [1.82, 2.24) is 5.32 Å². The molecule has 0 spiro atoms. The third-order valence-corrected chi connectivity index (χ3v) is 4.31. The Bertz CT molecular complexity index is 534. The monoisotopic (exact) mass is 290 g/mol. The van der Waals surface area contributed by atoms with Gasteiger partial charge in [0.05, 0.1) is 11.3 Å². The number of carboxylic acids is 1. The fourth-order valence-electron chi connectivity index (χ4n) is 2.72. The number of carbonyl (C=O) groups excluding carboxylic acids is 1. The van der Waals surface area contributed by atoms with Crippen molar-refractivity contribution in [2.45, 2.75) is 26.7 Å². The average Bonchev–Trinajstić information content (AvgIpc) is 2.48. The normalized spacial score (nSPS) is 19.0. The van der Waals surface area contributed by atoms with Gasteiger partial charge < -0.3 is 15.7 Å². The van der Waals surface area contributed by atoms with Crippen LogP contribution in [0.4, 0.5) is 5.69 Å². The first-order chi connectivity index (χ1) is 9.93.